The van der Waals surface area contributed by atoms with Crippen LogP contribution in [0.25, 0.3) is 0 Å². The topological polar surface area (TPSA) is 71.3 Å². The van der Waals surface area contributed by atoms with Crippen LogP contribution in [0.4, 0.5) is 5.69 Å². The van der Waals surface area contributed by atoms with Crippen molar-refractivity contribution in [1.29, 1.82) is 0 Å². The SMILES string of the molecule is CCc1ccc(N2CC(c3nc(CC(C)NC)no3)CC2=O)cc1.Cl. The molecule has 1 saturated heterocycles. The number of anilines is 1. The number of carbonyl (C=O) groups excluding carboxylic acids is 1. The fourth-order valence-electron chi connectivity index (χ4n) is 2.93. The maximum absolute atomic E-state index is 12.4. The van der Waals surface area contributed by atoms with Gasteiger partial charge in [-0.3, -0.25) is 4.79 Å². The molecule has 1 aromatic carbocycles. The summed E-state index contributed by atoms with van der Waals surface area (Å²) in [4.78, 5) is 18.7. The molecule has 3 rings (SSSR count). The van der Waals surface area contributed by atoms with E-state index in [9.17, 15) is 4.79 Å². The number of hydrogen-bond donors (Lipinski definition) is 1. The lowest BCUT2D eigenvalue weighted by atomic mass is 10.1. The zero-order valence-corrected chi connectivity index (χ0v) is 15.7. The van der Waals surface area contributed by atoms with Gasteiger partial charge in [0, 0.05) is 31.1 Å². The Morgan fingerprint density at radius 2 is 2.08 bits per heavy atom. The Morgan fingerprint density at radius 1 is 1.36 bits per heavy atom. The van der Waals surface area contributed by atoms with E-state index in [4.69, 9.17) is 4.52 Å². The number of aromatic nitrogens is 2. The third-order valence-electron chi connectivity index (χ3n) is 4.60. The van der Waals surface area contributed by atoms with E-state index in [1.807, 2.05) is 24.1 Å². The van der Waals surface area contributed by atoms with Gasteiger partial charge in [-0.05, 0) is 38.1 Å². The van der Waals surface area contributed by atoms with Gasteiger partial charge in [-0.15, -0.1) is 12.4 Å². The van der Waals surface area contributed by atoms with Crippen molar-refractivity contribution in [1.82, 2.24) is 15.5 Å². The fourth-order valence-corrected chi connectivity index (χ4v) is 2.93. The third-order valence-corrected chi connectivity index (χ3v) is 4.60. The molecule has 0 bridgehead atoms. The van der Waals surface area contributed by atoms with Gasteiger partial charge in [0.1, 0.15) is 0 Å². The molecule has 1 N–H and O–H groups in total. The molecule has 136 valence electrons. The zero-order valence-electron chi connectivity index (χ0n) is 14.9. The van der Waals surface area contributed by atoms with E-state index in [-0.39, 0.29) is 30.3 Å². The quantitative estimate of drug-likeness (QED) is 0.853. The summed E-state index contributed by atoms with van der Waals surface area (Å²) in [5.74, 6) is 1.32. The average molecular weight is 365 g/mol. The van der Waals surface area contributed by atoms with Crippen molar-refractivity contribution in [2.75, 3.05) is 18.5 Å². The molecule has 1 amide bonds. The maximum atomic E-state index is 12.4. The van der Waals surface area contributed by atoms with Crippen molar-refractivity contribution in [2.24, 2.45) is 0 Å². The first-order chi connectivity index (χ1) is 11.6. The molecule has 2 aromatic rings. The summed E-state index contributed by atoms with van der Waals surface area (Å²) in [7, 11) is 1.91. The highest BCUT2D eigenvalue weighted by Crippen LogP contribution is 2.31. The molecular formula is C18H25ClN4O2. The van der Waals surface area contributed by atoms with Crippen LogP contribution in [0.1, 0.15) is 43.5 Å². The number of nitrogens with one attached hydrogen (secondary N) is 1. The second-order valence-corrected chi connectivity index (χ2v) is 6.37. The van der Waals surface area contributed by atoms with Gasteiger partial charge in [-0.1, -0.05) is 24.2 Å². The molecule has 0 radical (unpaired) electrons. The minimum atomic E-state index is -0.0329. The molecule has 0 saturated carbocycles. The Morgan fingerprint density at radius 3 is 2.72 bits per heavy atom. The third kappa shape index (κ3) is 4.38. The first kappa shape index (κ1) is 19.4. The Balaban J connectivity index is 0.00000225. The van der Waals surface area contributed by atoms with E-state index in [2.05, 4.69) is 41.4 Å². The number of aryl methyl sites for hydroxylation is 1. The molecule has 25 heavy (non-hydrogen) atoms. The van der Waals surface area contributed by atoms with Crippen LogP contribution in [0.2, 0.25) is 0 Å². The van der Waals surface area contributed by atoms with E-state index in [1.54, 1.807) is 0 Å². The Kier molecular flexibility index (Phi) is 6.56. The van der Waals surface area contributed by atoms with Crippen molar-refractivity contribution in [3.63, 3.8) is 0 Å². The van der Waals surface area contributed by atoms with Crippen molar-refractivity contribution < 1.29 is 9.32 Å². The number of amides is 1. The predicted octanol–water partition coefficient (Wildman–Crippen LogP) is 2.72. The summed E-state index contributed by atoms with van der Waals surface area (Å²) in [6.45, 7) is 4.78. The van der Waals surface area contributed by atoms with Crippen LogP contribution in [-0.4, -0.2) is 35.7 Å². The molecule has 2 unspecified atom stereocenters. The molecule has 1 aliphatic rings. The molecule has 1 fully saturated rings. The Labute approximate surface area is 154 Å². The Hall–Kier alpha value is -1.92. The highest BCUT2D eigenvalue weighted by atomic mass is 35.5. The van der Waals surface area contributed by atoms with Crippen LogP contribution < -0.4 is 10.2 Å². The van der Waals surface area contributed by atoms with E-state index >= 15 is 0 Å². The number of nitrogens with zero attached hydrogens (tertiary/aromatic N) is 3. The molecule has 1 aliphatic heterocycles. The molecule has 2 heterocycles. The number of benzene rings is 1. The smallest absolute Gasteiger partial charge is 0.232 e. The van der Waals surface area contributed by atoms with Crippen molar-refractivity contribution in [3.8, 4) is 0 Å². The summed E-state index contributed by atoms with van der Waals surface area (Å²) in [5, 5.41) is 7.19. The molecule has 0 spiro atoms. The molecule has 6 nitrogen and oxygen atoms in total. The highest BCUT2D eigenvalue weighted by molar-refractivity contribution is 5.96. The first-order valence-electron chi connectivity index (χ1n) is 8.49. The van der Waals surface area contributed by atoms with Gasteiger partial charge in [0.2, 0.25) is 11.8 Å². The number of rotatable bonds is 6. The molecular weight excluding hydrogens is 340 g/mol. The van der Waals surface area contributed by atoms with Crippen molar-refractivity contribution in [3.05, 3.63) is 41.5 Å². The van der Waals surface area contributed by atoms with Crippen LogP contribution >= 0.6 is 12.4 Å². The van der Waals surface area contributed by atoms with E-state index in [0.29, 0.717) is 31.1 Å². The largest absolute Gasteiger partial charge is 0.339 e. The fraction of sp³-hybridized carbons (Fsp3) is 0.500. The van der Waals surface area contributed by atoms with Crippen LogP contribution in [-0.2, 0) is 17.6 Å². The van der Waals surface area contributed by atoms with Crippen LogP contribution in [0.15, 0.2) is 28.8 Å². The van der Waals surface area contributed by atoms with Crippen LogP contribution in [0.5, 0.6) is 0 Å². The molecule has 7 heteroatoms. The second-order valence-electron chi connectivity index (χ2n) is 6.37. The first-order valence-corrected chi connectivity index (χ1v) is 8.49. The second kappa shape index (κ2) is 8.45. The van der Waals surface area contributed by atoms with Gasteiger partial charge in [0.15, 0.2) is 5.82 Å². The van der Waals surface area contributed by atoms with E-state index < -0.39 is 0 Å². The monoisotopic (exact) mass is 364 g/mol. The van der Waals surface area contributed by atoms with Crippen LogP contribution in [0, 0.1) is 0 Å². The van der Waals surface area contributed by atoms with Gasteiger partial charge in [-0.25, -0.2) is 0 Å². The summed E-state index contributed by atoms with van der Waals surface area (Å²) < 4.78 is 5.40. The summed E-state index contributed by atoms with van der Waals surface area (Å²) >= 11 is 0. The van der Waals surface area contributed by atoms with Crippen LogP contribution in [0.3, 0.4) is 0 Å². The summed E-state index contributed by atoms with van der Waals surface area (Å²) in [6, 6.07) is 8.44. The van der Waals surface area contributed by atoms with Gasteiger partial charge in [0.05, 0.1) is 5.92 Å². The molecule has 2 atom stereocenters. The number of likely N-dealkylation sites (N-methyl/N-ethyl adjacent to an activating group) is 1. The van der Waals surface area contributed by atoms with Gasteiger partial charge in [0.25, 0.3) is 0 Å². The minimum Gasteiger partial charge on any atom is -0.339 e. The standard InChI is InChI=1S/C18H24N4O2.ClH/c1-4-13-5-7-15(8-6-13)22-11-14(10-17(22)23)18-20-16(21-24-18)9-12(2)19-3;/h5-8,12,14,19H,4,9-11H2,1-3H3;1H. The average Bonchev–Trinajstić information content (AvgIpc) is 3.21. The summed E-state index contributed by atoms with van der Waals surface area (Å²) in [6.07, 6.45) is 2.12. The lowest BCUT2D eigenvalue weighted by Crippen LogP contribution is -2.24. The summed E-state index contributed by atoms with van der Waals surface area (Å²) in [5.41, 5.74) is 2.20. The van der Waals surface area contributed by atoms with Crippen molar-refractivity contribution >= 4 is 24.0 Å². The van der Waals surface area contributed by atoms with Gasteiger partial charge in [-0.2, -0.15) is 4.98 Å². The number of carbonyl (C=O) groups is 1. The van der Waals surface area contributed by atoms with E-state index in [0.717, 1.165) is 12.1 Å². The van der Waals surface area contributed by atoms with Gasteiger partial charge < -0.3 is 14.7 Å². The van der Waals surface area contributed by atoms with Gasteiger partial charge >= 0.3 is 0 Å². The predicted molar refractivity (Wildman–Crippen MR) is 99.3 cm³/mol. The Bertz CT molecular complexity index is 701. The highest BCUT2D eigenvalue weighted by Gasteiger charge is 2.35. The minimum absolute atomic E-state index is 0. The maximum Gasteiger partial charge on any atom is 0.232 e. The normalized spacial score (nSPS) is 18.3. The van der Waals surface area contributed by atoms with E-state index in [1.165, 1.54) is 5.56 Å². The molecule has 1 aromatic heterocycles. The van der Waals surface area contributed by atoms with Crippen molar-refractivity contribution in [2.45, 2.75) is 45.1 Å². The number of hydrogen-bond acceptors (Lipinski definition) is 5. The lowest BCUT2D eigenvalue weighted by Gasteiger charge is -2.16. The number of halogens is 1. The molecule has 0 aliphatic carbocycles. The zero-order chi connectivity index (χ0) is 17.1. The lowest BCUT2D eigenvalue weighted by molar-refractivity contribution is -0.117.